The van der Waals surface area contributed by atoms with Crippen molar-refractivity contribution in [1.82, 2.24) is 4.98 Å². The molecule has 1 rings (SSSR count). The lowest BCUT2D eigenvalue weighted by atomic mass is 10.3. The number of aliphatic hydroxyl groups excluding tert-OH is 1. The van der Waals surface area contributed by atoms with Crippen molar-refractivity contribution in [1.29, 1.82) is 0 Å². The highest BCUT2D eigenvalue weighted by Crippen LogP contribution is 2.17. The van der Waals surface area contributed by atoms with Gasteiger partial charge in [0, 0.05) is 11.9 Å². The summed E-state index contributed by atoms with van der Waals surface area (Å²) in [6.45, 7) is 1.67. The number of aromatic nitrogens is 1. The van der Waals surface area contributed by atoms with Gasteiger partial charge in [0.1, 0.15) is 0 Å². The normalized spacial score (nSPS) is 12.4. The molecule has 0 amide bonds. The Morgan fingerprint density at radius 3 is 3.00 bits per heavy atom. The molecule has 1 heterocycles. The standard InChI is InChI=1S/C9H11NO3S/c1-6(11)5-14-8-4-7(9(12)13)2-3-10-8/h2-4,6,11H,5H2,1H3,(H,12,13). The van der Waals surface area contributed by atoms with Crippen LogP contribution in [0.25, 0.3) is 0 Å². The first-order valence-electron chi connectivity index (χ1n) is 4.10. The third kappa shape index (κ3) is 3.35. The molecule has 76 valence electrons. The van der Waals surface area contributed by atoms with Gasteiger partial charge in [0.25, 0.3) is 0 Å². The summed E-state index contributed by atoms with van der Waals surface area (Å²) in [6, 6.07) is 2.93. The topological polar surface area (TPSA) is 70.4 Å². The number of aromatic carboxylic acids is 1. The van der Waals surface area contributed by atoms with Gasteiger partial charge in [0.05, 0.1) is 16.7 Å². The highest BCUT2D eigenvalue weighted by Gasteiger charge is 2.05. The average molecular weight is 213 g/mol. The minimum atomic E-state index is -0.966. The minimum Gasteiger partial charge on any atom is -0.478 e. The van der Waals surface area contributed by atoms with Gasteiger partial charge >= 0.3 is 5.97 Å². The van der Waals surface area contributed by atoms with Gasteiger partial charge in [-0.3, -0.25) is 0 Å². The van der Waals surface area contributed by atoms with Crippen LogP contribution >= 0.6 is 11.8 Å². The highest BCUT2D eigenvalue weighted by atomic mass is 32.2. The van der Waals surface area contributed by atoms with E-state index >= 15 is 0 Å². The molecule has 0 radical (unpaired) electrons. The molecule has 0 aromatic carbocycles. The lowest BCUT2D eigenvalue weighted by Crippen LogP contribution is -2.03. The Morgan fingerprint density at radius 1 is 1.71 bits per heavy atom. The molecule has 5 heteroatoms. The summed E-state index contributed by atoms with van der Waals surface area (Å²) in [5.74, 6) is -0.456. The number of hydrogen-bond donors (Lipinski definition) is 2. The first-order chi connectivity index (χ1) is 6.59. The van der Waals surface area contributed by atoms with Gasteiger partial charge in [0.2, 0.25) is 0 Å². The fraction of sp³-hybridized carbons (Fsp3) is 0.333. The average Bonchev–Trinajstić information content (AvgIpc) is 2.15. The maximum atomic E-state index is 10.6. The Bertz CT molecular complexity index is 328. The molecule has 0 saturated carbocycles. The number of pyridine rings is 1. The van der Waals surface area contributed by atoms with Crippen molar-refractivity contribution < 1.29 is 15.0 Å². The van der Waals surface area contributed by atoms with Gasteiger partial charge in [-0.15, -0.1) is 11.8 Å². The van der Waals surface area contributed by atoms with E-state index in [-0.39, 0.29) is 5.56 Å². The van der Waals surface area contributed by atoms with Crippen LogP contribution in [0.15, 0.2) is 23.4 Å². The van der Waals surface area contributed by atoms with Crippen LogP contribution in [0.4, 0.5) is 0 Å². The second-order valence-electron chi connectivity index (χ2n) is 2.85. The summed E-state index contributed by atoms with van der Waals surface area (Å²) >= 11 is 1.34. The van der Waals surface area contributed by atoms with E-state index in [0.717, 1.165) is 0 Å². The van der Waals surface area contributed by atoms with Crippen LogP contribution in [0.2, 0.25) is 0 Å². The first kappa shape index (κ1) is 11.0. The maximum absolute atomic E-state index is 10.6. The number of carboxylic acid groups (broad SMARTS) is 1. The molecule has 1 atom stereocenters. The number of carbonyl (C=O) groups is 1. The third-order valence-corrected chi connectivity index (χ3v) is 2.62. The van der Waals surface area contributed by atoms with Crippen molar-refractivity contribution in [2.45, 2.75) is 18.1 Å². The van der Waals surface area contributed by atoms with E-state index in [4.69, 9.17) is 10.2 Å². The zero-order chi connectivity index (χ0) is 10.6. The highest BCUT2D eigenvalue weighted by molar-refractivity contribution is 7.99. The van der Waals surface area contributed by atoms with E-state index < -0.39 is 12.1 Å². The summed E-state index contributed by atoms with van der Waals surface area (Å²) in [5, 5.41) is 18.3. The van der Waals surface area contributed by atoms with Gasteiger partial charge in [-0.1, -0.05) is 0 Å². The second kappa shape index (κ2) is 4.97. The van der Waals surface area contributed by atoms with Gasteiger partial charge < -0.3 is 10.2 Å². The van der Waals surface area contributed by atoms with E-state index in [0.29, 0.717) is 10.8 Å². The van der Waals surface area contributed by atoms with E-state index in [2.05, 4.69) is 4.98 Å². The molecule has 0 aliphatic heterocycles. The predicted octanol–water partition coefficient (Wildman–Crippen LogP) is 1.25. The molecule has 0 saturated heterocycles. The van der Waals surface area contributed by atoms with Crippen LogP contribution < -0.4 is 0 Å². The van der Waals surface area contributed by atoms with E-state index in [1.807, 2.05) is 0 Å². The second-order valence-corrected chi connectivity index (χ2v) is 3.89. The number of aliphatic hydroxyl groups is 1. The summed E-state index contributed by atoms with van der Waals surface area (Å²) in [7, 11) is 0. The predicted molar refractivity (Wildman–Crippen MR) is 53.6 cm³/mol. The van der Waals surface area contributed by atoms with E-state index in [9.17, 15) is 4.79 Å². The maximum Gasteiger partial charge on any atom is 0.335 e. The summed E-state index contributed by atoms with van der Waals surface area (Å²) < 4.78 is 0. The van der Waals surface area contributed by atoms with Crippen molar-refractivity contribution in [2.24, 2.45) is 0 Å². The number of carboxylic acids is 1. The molecule has 1 aromatic heterocycles. The first-order valence-corrected chi connectivity index (χ1v) is 5.08. The molecule has 14 heavy (non-hydrogen) atoms. The number of hydrogen-bond acceptors (Lipinski definition) is 4. The molecule has 1 unspecified atom stereocenters. The van der Waals surface area contributed by atoms with Crippen molar-refractivity contribution in [3.05, 3.63) is 23.9 Å². The zero-order valence-corrected chi connectivity index (χ0v) is 8.49. The smallest absolute Gasteiger partial charge is 0.335 e. The Labute approximate surface area is 86.0 Å². The van der Waals surface area contributed by atoms with Crippen LogP contribution in [-0.4, -0.2) is 33.0 Å². The Hall–Kier alpha value is -1.07. The van der Waals surface area contributed by atoms with Gasteiger partial charge in [-0.2, -0.15) is 0 Å². The molecule has 0 fully saturated rings. The monoisotopic (exact) mass is 213 g/mol. The van der Waals surface area contributed by atoms with Gasteiger partial charge in [-0.05, 0) is 19.1 Å². The number of rotatable bonds is 4. The lowest BCUT2D eigenvalue weighted by Gasteiger charge is -2.03. The molecular formula is C9H11NO3S. The summed E-state index contributed by atoms with van der Waals surface area (Å²) in [4.78, 5) is 14.6. The van der Waals surface area contributed by atoms with Crippen LogP contribution in [0.1, 0.15) is 17.3 Å². The SMILES string of the molecule is CC(O)CSc1cc(C(=O)O)ccn1. The van der Waals surface area contributed by atoms with Crippen molar-refractivity contribution in [3.63, 3.8) is 0 Å². The molecule has 0 spiro atoms. The molecule has 1 aromatic rings. The van der Waals surface area contributed by atoms with Crippen LogP contribution in [0.5, 0.6) is 0 Å². The molecule has 0 aliphatic rings. The van der Waals surface area contributed by atoms with Gasteiger partial charge in [0.15, 0.2) is 0 Å². The minimum absolute atomic E-state index is 0.216. The summed E-state index contributed by atoms with van der Waals surface area (Å²) in [5.41, 5.74) is 0.216. The zero-order valence-electron chi connectivity index (χ0n) is 7.67. The lowest BCUT2D eigenvalue weighted by molar-refractivity contribution is 0.0696. The summed E-state index contributed by atoms with van der Waals surface area (Å²) in [6.07, 6.45) is 1.03. The number of thioether (sulfide) groups is 1. The molecule has 0 bridgehead atoms. The van der Waals surface area contributed by atoms with Crippen LogP contribution in [0, 0.1) is 0 Å². The van der Waals surface area contributed by atoms with Crippen molar-refractivity contribution in [2.75, 3.05) is 5.75 Å². The Morgan fingerprint density at radius 2 is 2.43 bits per heavy atom. The molecule has 0 aliphatic carbocycles. The third-order valence-electron chi connectivity index (χ3n) is 1.45. The van der Waals surface area contributed by atoms with Crippen LogP contribution in [-0.2, 0) is 0 Å². The fourth-order valence-electron chi connectivity index (χ4n) is 0.827. The Balaban J connectivity index is 2.69. The van der Waals surface area contributed by atoms with E-state index in [1.165, 1.54) is 30.1 Å². The quantitative estimate of drug-likeness (QED) is 0.737. The Kier molecular flexibility index (Phi) is 3.91. The van der Waals surface area contributed by atoms with Crippen molar-refractivity contribution >= 4 is 17.7 Å². The molecule has 2 N–H and O–H groups in total. The van der Waals surface area contributed by atoms with Gasteiger partial charge in [-0.25, -0.2) is 9.78 Å². The fourth-order valence-corrected chi connectivity index (χ4v) is 1.59. The molecular weight excluding hydrogens is 202 g/mol. The largest absolute Gasteiger partial charge is 0.478 e. The van der Waals surface area contributed by atoms with Crippen LogP contribution in [0.3, 0.4) is 0 Å². The number of nitrogens with zero attached hydrogens (tertiary/aromatic N) is 1. The molecule has 4 nitrogen and oxygen atoms in total. The van der Waals surface area contributed by atoms with Crippen molar-refractivity contribution in [3.8, 4) is 0 Å². The van der Waals surface area contributed by atoms with E-state index in [1.54, 1.807) is 6.92 Å².